The molecular weight excluding hydrogens is 268 g/mol. The number of nitrogens with one attached hydrogen (secondary N) is 1. The van der Waals surface area contributed by atoms with Crippen LogP contribution in [-0.2, 0) is 6.54 Å². The predicted molar refractivity (Wildman–Crippen MR) is 75.4 cm³/mol. The molecule has 0 bridgehead atoms. The molecule has 0 aliphatic heterocycles. The molecule has 3 aromatic rings. The first-order valence-electron chi connectivity index (χ1n) is 5.55. The van der Waals surface area contributed by atoms with Gasteiger partial charge in [-0.15, -0.1) is 0 Å². The third kappa shape index (κ3) is 2.21. The van der Waals surface area contributed by atoms with Gasteiger partial charge in [0, 0.05) is 5.02 Å². The first-order chi connectivity index (χ1) is 8.72. The molecule has 2 heterocycles. The second-order valence-corrected chi connectivity index (χ2v) is 5.49. The maximum Gasteiger partial charge on any atom is 0.184 e. The van der Waals surface area contributed by atoms with Gasteiger partial charge in [-0.25, -0.2) is 4.98 Å². The van der Waals surface area contributed by atoms with Gasteiger partial charge in [-0.2, -0.15) is 0 Å². The minimum Gasteiger partial charge on any atom is -0.467 e. The van der Waals surface area contributed by atoms with Crippen LogP contribution in [0.4, 0.5) is 5.13 Å². The number of aryl methyl sites for hydroxylation is 1. The molecule has 2 aromatic heterocycles. The summed E-state index contributed by atoms with van der Waals surface area (Å²) in [5.74, 6) is 0.893. The smallest absolute Gasteiger partial charge is 0.184 e. The summed E-state index contributed by atoms with van der Waals surface area (Å²) in [5.41, 5.74) is 2.10. The van der Waals surface area contributed by atoms with Crippen molar-refractivity contribution in [1.82, 2.24) is 4.98 Å². The monoisotopic (exact) mass is 278 g/mol. The first-order valence-corrected chi connectivity index (χ1v) is 6.75. The summed E-state index contributed by atoms with van der Waals surface area (Å²) >= 11 is 7.63. The van der Waals surface area contributed by atoms with Crippen molar-refractivity contribution >= 4 is 38.3 Å². The van der Waals surface area contributed by atoms with E-state index in [1.807, 2.05) is 31.2 Å². The van der Waals surface area contributed by atoms with E-state index in [4.69, 9.17) is 16.0 Å². The van der Waals surface area contributed by atoms with E-state index in [9.17, 15) is 0 Å². The molecule has 18 heavy (non-hydrogen) atoms. The number of fused-ring (bicyclic) bond motifs is 1. The lowest BCUT2D eigenvalue weighted by molar-refractivity contribution is 0.518. The Bertz CT molecular complexity index is 676. The average Bonchev–Trinajstić information content (AvgIpc) is 2.93. The highest BCUT2D eigenvalue weighted by atomic mass is 35.5. The number of aromatic nitrogens is 1. The number of thiazole rings is 1. The zero-order valence-electron chi connectivity index (χ0n) is 9.74. The Kier molecular flexibility index (Phi) is 2.97. The fourth-order valence-corrected chi connectivity index (χ4v) is 3.12. The van der Waals surface area contributed by atoms with Crippen molar-refractivity contribution in [1.29, 1.82) is 0 Å². The number of nitrogens with zero attached hydrogens (tertiary/aromatic N) is 1. The van der Waals surface area contributed by atoms with E-state index in [1.54, 1.807) is 17.6 Å². The Morgan fingerprint density at radius 3 is 3.11 bits per heavy atom. The molecule has 0 aliphatic carbocycles. The number of rotatable bonds is 3. The van der Waals surface area contributed by atoms with Crippen molar-refractivity contribution in [2.24, 2.45) is 0 Å². The van der Waals surface area contributed by atoms with Gasteiger partial charge in [0.2, 0.25) is 0 Å². The number of anilines is 1. The predicted octanol–water partition coefficient (Wildman–Crippen LogP) is 4.46. The molecule has 0 radical (unpaired) electrons. The van der Waals surface area contributed by atoms with Crippen LogP contribution in [0.5, 0.6) is 0 Å². The fraction of sp³-hybridized carbons (Fsp3) is 0.154. The van der Waals surface area contributed by atoms with Crippen LogP contribution in [0.3, 0.4) is 0 Å². The summed E-state index contributed by atoms with van der Waals surface area (Å²) < 4.78 is 6.36. The van der Waals surface area contributed by atoms with Crippen LogP contribution in [0.2, 0.25) is 5.02 Å². The van der Waals surface area contributed by atoms with Gasteiger partial charge in [-0.1, -0.05) is 22.9 Å². The number of benzene rings is 1. The lowest BCUT2D eigenvalue weighted by atomic mass is 10.2. The Hall–Kier alpha value is -1.52. The van der Waals surface area contributed by atoms with Gasteiger partial charge < -0.3 is 9.73 Å². The molecular formula is C13H11ClN2OS. The van der Waals surface area contributed by atoms with Crippen LogP contribution in [-0.4, -0.2) is 4.98 Å². The normalized spacial score (nSPS) is 11.0. The van der Waals surface area contributed by atoms with Gasteiger partial charge in [-0.05, 0) is 36.8 Å². The molecule has 0 aliphatic rings. The standard InChI is InChI=1S/C13H11ClN2OS/c1-8-5-9(14)6-11-12(8)16-13(18-11)15-7-10-3-2-4-17-10/h2-6H,7H2,1H3,(H,15,16). The molecule has 0 unspecified atom stereocenters. The Morgan fingerprint density at radius 1 is 1.44 bits per heavy atom. The number of hydrogen-bond acceptors (Lipinski definition) is 4. The van der Waals surface area contributed by atoms with E-state index in [-0.39, 0.29) is 0 Å². The molecule has 5 heteroatoms. The van der Waals surface area contributed by atoms with Crippen LogP contribution in [0.15, 0.2) is 34.9 Å². The van der Waals surface area contributed by atoms with Crippen molar-refractivity contribution in [2.45, 2.75) is 13.5 Å². The van der Waals surface area contributed by atoms with Gasteiger partial charge in [0.1, 0.15) is 5.76 Å². The third-order valence-electron chi connectivity index (χ3n) is 2.64. The molecule has 0 spiro atoms. The quantitative estimate of drug-likeness (QED) is 0.768. The van der Waals surface area contributed by atoms with Crippen molar-refractivity contribution in [3.05, 3.63) is 46.9 Å². The number of furan rings is 1. The van der Waals surface area contributed by atoms with Crippen LogP contribution >= 0.6 is 22.9 Å². The van der Waals surface area contributed by atoms with Crippen LogP contribution < -0.4 is 5.32 Å². The Labute approximate surface area is 113 Å². The van der Waals surface area contributed by atoms with Crippen molar-refractivity contribution in [3.8, 4) is 0 Å². The van der Waals surface area contributed by atoms with E-state index in [1.165, 1.54) is 0 Å². The van der Waals surface area contributed by atoms with Crippen LogP contribution in [0, 0.1) is 6.92 Å². The van der Waals surface area contributed by atoms with Gasteiger partial charge >= 0.3 is 0 Å². The molecule has 92 valence electrons. The first kappa shape index (κ1) is 11.6. The van der Waals surface area contributed by atoms with E-state index >= 15 is 0 Å². The Morgan fingerprint density at radius 2 is 2.33 bits per heavy atom. The van der Waals surface area contributed by atoms with Gasteiger partial charge in [0.05, 0.1) is 23.0 Å². The molecule has 1 N–H and O–H groups in total. The highest BCUT2D eigenvalue weighted by molar-refractivity contribution is 7.22. The van der Waals surface area contributed by atoms with Crippen LogP contribution in [0.1, 0.15) is 11.3 Å². The molecule has 0 saturated carbocycles. The Balaban J connectivity index is 1.87. The topological polar surface area (TPSA) is 38.1 Å². The van der Waals surface area contributed by atoms with Gasteiger partial charge in [0.15, 0.2) is 5.13 Å². The van der Waals surface area contributed by atoms with Crippen molar-refractivity contribution in [3.63, 3.8) is 0 Å². The summed E-state index contributed by atoms with van der Waals surface area (Å²) in [4.78, 5) is 4.56. The second kappa shape index (κ2) is 4.63. The lowest BCUT2D eigenvalue weighted by Gasteiger charge is -1.97. The summed E-state index contributed by atoms with van der Waals surface area (Å²) in [7, 11) is 0. The molecule has 3 rings (SSSR count). The molecule has 0 saturated heterocycles. The molecule has 1 aromatic carbocycles. The zero-order chi connectivity index (χ0) is 12.5. The maximum atomic E-state index is 6.03. The minimum atomic E-state index is 0.638. The van der Waals surface area contributed by atoms with Crippen LogP contribution in [0.25, 0.3) is 10.2 Å². The highest BCUT2D eigenvalue weighted by Gasteiger charge is 2.07. The average molecular weight is 279 g/mol. The number of halogens is 1. The zero-order valence-corrected chi connectivity index (χ0v) is 11.3. The summed E-state index contributed by atoms with van der Waals surface area (Å²) in [5, 5.41) is 4.89. The van der Waals surface area contributed by atoms with E-state index in [0.29, 0.717) is 6.54 Å². The number of hydrogen-bond donors (Lipinski definition) is 1. The van der Waals surface area contributed by atoms with Crippen molar-refractivity contribution < 1.29 is 4.42 Å². The lowest BCUT2D eigenvalue weighted by Crippen LogP contribution is -1.96. The van der Waals surface area contributed by atoms with E-state index in [0.717, 1.165) is 31.7 Å². The summed E-state index contributed by atoms with van der Waals surface area (Å²) in [6.07, 6.45) is 1.67. The maximum absolute atomic E-state index is 6.03. The van der Waals surface area contributed by atoms with E-state index < -0.39 is 0 Å². The van der Waals surface area contributed by atoms with Gasteiger partial charge in [0.25, 0.3) is 0 Å². The molecule has 0 atom stereocenters. The molecule has 0 amide bonds. The minimum absolute atomic E-state index is 0.638. The summed E-state index contributed by atoms with van der Waals surface area (Å²) in [6, 6.07) is 7.68. The second-order valence-electron chi connectivity index (χ2n) is 4.02. The van der Waals surface area contributed by atoms with Gasteiger partial charge in [-0.3, -0.25) is 0 Å². The summed E-state index contributed by atoms with van der Waals surface area (Å²) in [6.45, 7) is 2.66. The van der Waals surface area contributed by atoms with E-state index in [2.05, 4.69) is 10.3 Å². The SMILES string of the molecule is Cc1cc(Cl)cc2sc(NCc3ccco3)nc12. The molecule has 0 fully saturated rings. The third-order valence-corrected chi connectivity index (χ3v) is 3.82. The largest absolute Gasteiger partial charge is 0.467 e. The molecule has 3 nitrogen and oxygen atoms in total. The fourth-order valence-electron chi connectivity index (χ4n) is 1.81. The highest BCUT2D eigenvalue weighted by Crippen LogP contribution is 2.31. The van der Waals surface area contributed by atoms with Crippen molar-refractivity contribution in [2.75, 3.05) is 5.32 Å².